The van der Waals surface area contributed by atoms with E-state index in [0.29, 0.717) is 11.3 Å². The van der Waals surface area contributed by atoms with Crippen molar-refractivity contribution in [1.82, 2.24) is 15.0 Å². The highest BCUT2D eigenvalue weighted by molar-refractivity contribution is 6.67. The summed E-state index contributed by atoms with van der Waals surface area (Å²) < 4.78 is 1.46. The van der Waals surface area contributed by atoms with Crippen LogP contribution in [0.15, 0.2) is 24.3 Å². The third-order valence-electron chi connectivity index (χ3n) is 2.79. The van der Waals surface area contributed by atoms with E-state index in [9.17, 15) is 5.11 Å². The van der Waals surface area contributed by atoms with Crippen molar-refractivity contribution in [2.24, 2.45) is 0 Å². The Balaban J connectivity index is 2.45. The minimum atomic E-state index is -1.93. The van der Waals surface area contributed by atoms with Crippen LogP contribution in [-0.4, -0.2) is 26.3 Å². The van der Waals surface area contributed by atoms with Gasteiger partial charge in [-0.05, 0) is 25.1 Å². The summed E-state index contributed by atoms with van der Waals surface area (Å²) in [6.07, 6.45) is 2.16. The zero-order valence-electron chi connectivity index (χ0n) is 13.0. The first-order valence-electron chi connectivity index (χ1n) is 6.99. The van der Waals surface area contributed by atoms with Crippen molar-refractivity contribution in [2.45, 2.75) is 20.8 Å². The van der Waals surface area contributed by atoms with Crippen molar-refractivity contribution in [3.05, 3.63) is 47.3 Å². The summed E-state index contributed by atoms with van der Waals surface area (Å²) in [5, 5.41) is 9.40. The van der Waals surface area contributed by atoms with E-state index < -0.39 is 13.9 Å². The molecular formula is C15H11Cl6N3O2. The first-order valence-corrected chi connectivity index (χ1v) is 9.26. The number of rotatable bonds is 4. The number of para-hydroxylation sites is 1. The number of aliphatic hydroxyl groups is 1. The van der Waals surface area contributed by atoms with Gasteiger partial charge in [-0.15, -0.1) is 0 Å². The Bertz CT molecular complexity index is 770. The van der Waals surface area contributed by atoms with E-state index in [1.165, 1.54) is 13.0 Å². The molecule has 1 atom stereocenters. The van der Waals surface area contributed by atoms with Crippen molar-refractivity contribution in [3.8, 4) is 5.75 Å². The van der Waals surface area contributed by atoms with Crippen LogP contribution in [0.5, 0.6) is 5.75 Å². The van der Waals surface area contributed by atoms with Gasteiger partial charge in [-0.3, -0.25) is 0 Å². The maximum atomic E-state index is 9.40. The second-order valence-corrected chi connectivity index (χ2v) is 9.49. The fourth-order valence-electron chi connectivity index (χ4n) is 1.79. The zero-order valence-corrected chi connectivity index (χ0v) is 17.5. The number of nitrogens with zero attached hydrogens (tertiary/aromatic N) is 3. The summed E-state index contributed by atoms with van der Waals surface area (Å²) in [7, 11) is 0. The Morgan fingerprint density at radius 2 is 1.46 bits per heavy atom. The summed E-state index contributed by atoms with van der Waals surface area (Å²) in [6.45, 7) is 1.49. The predicted octanol–water partition coefficient (Wildman–Crippen LogP) is 5.41. The van der Waals surface area contributed by atoms with Crippen LogP contribution in [0.25, 0.3) is 12.2 Å². The number of ether oxygens (including phenoxy) is 1. The van der Waals surface area contributed by atoms with Crippen LogP contribution >= 0.6 is 69.6 Å². The van der Waals surface area contributed by atoms with Gasteiger partial charge in [-0.25, -0.2) is 15.0 Å². The Kier molecular flexibility index (Phi) is 7.24. The monoisotopic (exact) mass is 475 g/mol. The van der Waals surface area contributed by atoms with Crippen LogP contribution < -0.4 is 4.74 Å². The summed E-state index contributed by atoms with van der Waals surface area (Å²) in [6, 6.07) is 7.02. The Hall–Kier alpha value is -0.530. The summed E-state index contributed by atoms with van der Waals surface area (Å²) in [4.78, 5) is 12.0. The van der Waals surface area contributed by atoms with Crippen LogP contribution in [0.3, 0.4) is 0 Å². The number of aliphatic hydroxyl groups excluding tert-OH is 1. The molecule has 0 saturated carbocycles. The molecule has 1 N–H and O–H groups in total. The fraction of sp³-hybridized carbons (Fsp3) is 0.267. The van der Waals surface area contributed by atoms with Crippen LogP contribution in [0.4, 0.5) is 0 Å². The quantitative estimate of drug-likeness (QED) is 0.471. The molecule has 1 unspecified atom stereocenters. The maximum absolute atomic E-state index is 9.40. The van der Waals surface area contributed by atoms with Gasteiger partial charge in [-0.2, -0.15) is 0 Å². The normalized spacial score (nSPS) is 13.8. The van der Waals surface area contributed by atoms with E-state index in [1.807, 2.05) is 0 Å². The first kappa shape index (κ1) is 21.8. The fourth-order valence-corrected chi connectivity index (χ4v) is 2.30. The predicted molar refractivity (Wildman–Crippen MR) is 106 cm³/mol. The van der Waals surface area contributed by atoms with Crippen molar-refractivity contribution in [3.63, 3.8) is 0 Å². The van der Waals surface area contributed by atoms with Crippen LogP contribution in [0, 0.1) is 0 Å². The van der Waals surface area contributed by atoms with E-state index >= 15 is 0 Å². The van der Waals surface area contributed by atoms with Crippen LogP contribution in [-0.2, 0) is 7.59 Å². The second kappa shape index (κ2) is 8.65. The molecule has 0 aliphatic rings. The average molecular weight is 478 g/mol. The number of halogens is 6. The third kappa shape index (κ3) is 6.27. The van der Waals surface area contributed by atoms with E-state index in [4.69, 9.17) is 74.3 Å². The minimum absolute atomic E-state index is 0.106. The van der Waals surface area contributed by atoms with Gasteiger partial charge in [-0.1, -0.05) is 87.8 Å². The molecule has 0 bridgehead atoms. The van der Waals surface area contributed by atoms with Gasteiger partial charge in [0.05, 0.1) is 0 Å². The number of aromatic nitrogens is 3. The molecule has 0 aliphatic heterocycles. The van der Waals surface area contributed by atoms with Crippen LogP contribution in [0.1, 0.15) is 30.0 Å². The Labute approximate surface area is 179 Å². The highest BCUT2D eigenvalue weighted by Crippen LogP contribution is 2.40. The lowest BCUT2D eigenvalue weighted by atomic mass is 10.2. The van der Waals surface area contributed by atoms with Gasteiger partial charge in [0.15, 0.2) is 23.8 Å². The molecule has 0 spiro atoms. The molecule has 26 heavy (non-hydrogen) atoms. The topological polar surface area (TPSA) is 68.1 Å². The molecular weight excluding hydrogens is 467 g/mol. The maximum Gasteiger partial charge on any atom is 0.250 e. The number of hydrogen-bond acceptors (Lipinski definition) is 5. The number of alkyl halides is 6. The molecule has 1 aromatic carbocycles. The first-order chi connectivity index (χ1) is 12.0. The zero-order chi connectivity index (χ0) is 19.5. The molecule has 1 heterocycles. The van der Waals surface area contributed by atoms with E-state index in [2.05, 4.69) is 15.0 Å². The number of benzene rings is 1. The minimum Gasteiger partial charge on any atom is -0.465 e. The van der Waals surface area contributed by atoms with Gasteiger partial charge in [0, 0.05) is 5.56 Å². The molecule has 0 saturated heterocycles. The lowest BCUT2D eigenvalue weighted by Crippen LogP contribution is -2.17. The Morgan fingerprint density at radius 3 is 1.96 bits per heavy atom. The molecule has 2 rings (SSSR count). The molecule has 0 fully saturated rings. The van der Waals surface area contributed by atoms with E-state index in [0.717, 1.165) is 0 Å². The van der Waals surface area contributed by atoms with E-state index in [1.54, 1.807) is 30.3 Å². The van der Waals surface area contributed by atoms with Crippen molar-refractivity contribution in [1.29, 1.82) is 0 Å². The summed E-state index contributed by atoms with van der Waals surface area (Å²) >= 11 is 35.0. The molecule has 1 aromatic heterocycles. The SMILES string of the molecule is CC(O)Oc1ccccc1/C=C/c1nc(C(Cl)(Cl)Cl)nc(C(Cl)(Cl)Cl)n1. The third-order valence-corrected chi connectivity index (χ3v) is 3.80. The smallest absolute Gasteiger partial charge is 0.250 e. The van der Waals surface area contributed by atoms with Gasteiger partial charge in [0.1, 0.15) is 5.75 Å². The van der Waals surface area contributed by atoms with Crippen LogP contribution in [0.2, 0.25) is 0 Å². The molecule has 2 aromatic rings. The van der Waals surface area contributed by atoms with Gasteiger partial charge >= 0.3 is 0 Å². The van der Waals surface area contributed by atoms with Crippen molar-refractivity contribution in [2.75, 3.05) is 0 Å². The second-order valence-electron chi connectivity index (χ2n) is 4.92. The lowest BCUT2D eigenvalue weighted by Gasteiger charge is -2.14. The highest BCUT2D eigenvalue weighted by atomic mass is 35.6. The summed E-state index contributed by atoms with van der Waals surface area (Å²) in [5.41, 5.74) is 0.652. The molecule has 0 amide bonds. The lowest BCUT2D eigenvalue weighted by molar-refractivity contribution is -0.000449. The number of hydrogen-bond donors (Lipinski definition) is 1. The van der Waals surface area contributed by atoms with Gasteiger partial charge in [0.2, 0.25) is 7.59 Å². The van der Waals surface area contributed by atoms with Gasteiger partial charge in [0.25, 0.3) is 0 Å². The average Bonchev–Trinajstić information content (AvgIpc) is 2.51. The molecule has 0 radical (unpaired) electrons. The largest absolute Gasteiger partial charge is 0.465 e. The highest BCUT2D eigenvalue weighted by Gasteiger charge is 2.33. The summed E-state index contributed by atoms with van der Waals surface area (Å²) in [5.74, 6) is 0.185. The molecule has 0 aliphatic carbocycles. The van der Waals surface area contributed by atoms with Crippen molar-refractivity contribution >= 4 is 81.8 Å². The molecule has 5 nitrogen and oxygen atoms in total. The van der Waals surface area contributed by atoms with Crippen molar-refractivity contribution < 1.29 is 9.84 Å². The van der Waals surface area contributed by atoms with Gasteiger partial charge < -0.3 is 9.84 Å². The molecule has 11 heteroatoms. The molecule has 140 valence electrons. The standard InChI is InChI=1S/C15H11Cl6N3O2/c1-8(25)26-10-5-3-2-4-9(10)6-7-11-22-12(14(16,17)18)24-13(23-11)15(19,20)21/h2-8,25H,1H3/b7-6+. The van der Waals surface area contributed by atoms with E-state index in [-0.39, 0.29) is 17.5 Å². The Morgan fingerprint density at radius 1 is 0.923 bits per heavy atom.